The Morgan fingerprint density at radius 3 is 2.44 bits per heavy atom. The van der Waals surface area contributed by atoms with E-state index >= 15 is 0 Å². The number of hydrogen-bond donors (Lipinski definition) is 2. The highest BCUT2D eigenvalue weighted by atomic mass is 19.1. The van der Waals surface area contributed by atoms with Crippen LogP contribution in [0.3, 0.4) is 0 Å². The second-order valence-corrected chi connectivity index (χ2v) is 7.34. The SMILES string of the molecule is COc1cc2[nH]c3c(Oc4ccc(NC(=O)c5ccccc5F)cc4)ncnc3c2cc1OC. The van der Waals surface area contributed by atoms with Gasteiger partial charge in [0.15, 0.2) is 11.5 Å². The van der Waals surface area contributed by atoms with E-state index in [1.54, 1.807) is 44.6 Å². The fraction of sp³-hybridized carbons (Fsp3) is 0.0800. The fourth-order valence-electron chi connectivity index (χ4n) is 3.64. The van der Waals surface area contributed by atoms with Gasteiger partial charge in [0, 0.05) is 17.1 Å². The molecule has 9 heteroatoms. The fourth-order valence-corrected chi connectivity index (χ4v) is 3.64. The van der Waals surface area contributed by atoms with Gasteiger partial charge in [-0.25, -0.2) is 9.37 Å². The Bertz CT molecular complexity index is 1520. The van der Waals surface area contributed by atoms with Crippen LogP contribution in [0.4, 0.5) is 10.1 Å². The Morgan fingerprint density at radius 1 is 0.971 bits per heavy atom. The minimum Gasteiger partial charge on any atom is -0.493 e. The minimum atomic E-state index is -0.582. The monoisotopic (exact) mass is 458 g/mol. The van der Waals surface area contributed by atoms with Crippen molar-refractivity contribution in [2.24, 2.45) is 0 Å². The maximum absolute atomic E-state index is 13.8. The van der Waals surface area contributed by atoms with Gasteiger partial charge in [-0.2, -0.15) is 4.98 Å². The van der Waals surface area contributed by atoms with Crippen LogP contribution < -0.4 is 19.5 Å². The molecule has 34 heavy (non-hydrogen) atoms. The van der Waals surface area contributed by atoms with Gasteiger partial charge in [-0.3, -0.25) is 4.79 Å². The van der Waals surface area contributed by atoms with Gasteiger partial charge in [0.25, 0.3) is 5.91 Å². The van der Waals surface area contributed by atoms with Crippen molar-refractivity contribution in [1.82, 2.24) is 15.0 Å². The summed E-state index contributed by atoms with van der Waals surface area (Å²) in [5.41, 5.74) is 2.56. The molecule has 2 N–H and O–H groups in total. The number of halogens is 1. The number of aromatic nitrogens is 3. The van der Waals surface area contributed by atoms with Gasteiger partial charge in [-0.15, -0.1) is 0 Å². The number of nitrogens with one attached hydrogen (secondary N) is 2. The third kappa shape index (κ3) is 3.83. The number of rotatable bonds is 6. The predicted octanol–water partition coefficient (Wildman–Crippen LogP) is 5.31. The van der Waals surface area contributed by atoms with Gasteiger partial charge in [0.2, 0.25) is 5.88 Å². The van der Waals surface area contributed by atoms with Crippen LogP contribution in [0.2, 0.25) is 0 Å². The molecule has 0 aliphatic rings. The largest absolute Gasteiger partial charge is 0.493 e. The molecule has 5 aromatic rings. The van der Waals surface area contributed by atoms with E-state index in [1.807, 2.05) is 12.1 Å². The van der Waals surface area contributed by atoms with Crippen LogP contribution in [-0.2, 0) is 0 Å². The first-order chi connectivity index (χ1) is 16.6. The Morgan fingerprint density at radius 2 is 1.71 bits per heavy atom. The molecule has 2 heterocycles. The number of ether oxygens (including phenoxy) is 3. The van der Waals surface area contributed by atoms with Gasteiger partial charge < -0.3 is 24.5 Å². The second kappa shape index (κ2) is 8.70. The summed E-state index contributed by atoms with van der Waals surface area (Å²) >= 11 is 0. The number of amides is 1. The first kappa shape index (κ1) is 21.2. The Hall–Kier alpha value is -4.66. The van der Waals surface area contributed by atoms with Crippen LogP contribution >= 0.6 is 0 Å². The van der Waals surface area contributed by atoms with Crippen molar-refractivity contribution in [3.63, 3.8) is 0 Å². The number of benzene rings is 3. The van der Waals surface area contributed by atoms with Crippen molar-refractivity contribution in [1.29, 1.82) is 0 Å². The molecule has 0 radical (unpaired) electrons. The van der Waals surface area contributed by atoms with E-state index in [1.165, 1.54) is 24.5 Å². The third-order valence-corrected chi connectivity index (χ3v) is 5.30. The molecule has 0 spiro atoms. The minimum absolute atomic E-state index is 0.0294. The van der Waals surface area contributed by atoms with E-state index in [0.29, 0.717) is 39.8 Å². The molecule has 0 saturated carbocycles. The van der Waals surface area contributed by atoms with Crippen LogP contribution in [0.1, 0.15) is 10.4 Å². The molecule has 1 amide bonds. The lowest BCUT2D eigenvalue weighted by atomic mass is 10.2. The van der Waals surface area contributed by atoms with Crippen molar-refractivity contribution in [2.75, 3.05) is 19.5 Å². The lowest BCUT2D eigenvalue weighted by molar-refractivity contribution is 0.102. The molecule has 0 atom stereocenters. The van der Waals surface area contributed by atoms with Crippen LogP contribution in [0.15, 0.2) is 67.0 Å². The Labute approximate surface area is 193 Å². The molecular formula is C25H19FN4O4. The smallest absolute Gasteiger partial charge is 0.258 e. The van der Waals surface area contributed by atoms with Crippen molar-refractivity contribution in [3.8, 4) is 23.1 Å². The van der Waals surface area contributed by atoms with Gasteiger partial charge >= 0.3 is 0 Å². The first-order valence-corrected chi connectivity index (χ1v) is 10.3. The molecular weight excluding hydrogens is 439 g/mol. The lowest BCUT2D eigenvalue weighted by Crippen LogP contribution is -2.13. The molecule has 8 nitrogen and oxygen atoms in total. The summed E-state index contributed by atoms with van der Waals surface area (Å²) in [4.78, 5) is 24.2. The molecule has 0 bridgehead atoms. The number of H-pyrrole nitrogens is 1. The molecule has 0 aliphatic carbocycles. The highest BCUT2D eigenvalue weighted by Gasteiger charge is 2.16. The maximum atomic E-state index is 13.8. The first-order valence-electron chi connectivity index (χ1n) is 10.3. The lowest BCUT2D eigenvalue weighted by Gasteiger charge is -2.08. The standard InChI is InChI=1S/C25H19FN4O4/c1-32-20-11-17-19(12-21(20)33-2)30-23-22(17)27-13-28-25(23)34-15-9-7-14(8-10-15)29-24(31)16-5-3-4-6-18(16)26/h3-13,30H,1-2H3,(H,29,31). The van der Waals surface area contributed by atoms with E-state index in [4.69, 9.17) is 14.2 Å². The normalized spacial score (nSPS) is 10.9. The maximum Gasteiger partial charge on any atom is 0.258 e. The van der Waals surface area contributed by atoms with Gasteiger partial charge in [0.05, 0.1) is 25.3 Å². The number of fused-ring (bicyclic) bond motifs is 3. The van der Waals surface area contributed by atoms with Crippen molar-refractivity contribution in [2.45, 2.75) is 0 Å². The zero-order chi connectivity index (χ0) is 23.7. The Balaban J connectivity index is 1.41. The molecule has 5 rings (SSSR count). The summed E-state index contributed by atoms with van der Waals surface area (Å²) < 4.78 is 30.6. The summed E-state index contributed by atoms with van der Waals surface area (Å²) in [7, 11) is 3.15. The average molecular weight is 458 g/mol. The van der Waals surface area contributed by atoms with Crippen molar-refractivity contribution in [3.05, 3.63) is 78.4 Å². The third-order valence-electron chi connectivity index (χ3n) is 5.30. The van der Waals surface area contributed by atoms with E-state index < -0.39 is 11.7 Å². The molecule has 0 aliphatic heterocycles. The summed E-state index contributed by atoms with van der Waals surface area (Å²) in [5, 5.41) is 3.51. The highest BCUT2D eigenvalue weighted by molar-refractivity contribution is 6.07. The summed E-state index contributed by atoms with van der Waals surface area (Å²) in [6, 6.07) is 16.2. The molecule has 2 aromatic heterocycles. The number of methoxy groups -OCH3 is 2. The number of aromatic amines is 1. The van der Waals surface area contributed by atoms with E-state index in [2.05, 4.69) is 20.3 Å². The zero-order valence-electron chi connectivity index (χ0n) is 18.3. The number of anilines is 1. The molecule has 3 aromatic carbocycles. The highest BCUT2D eigenvalue weighted by Crippen LogP contribution is 2.37. The molecule has 0 unspecified atom stereocenters. The molecule has 0 saturated heterocycles. The predicted molar refractivity (Wildman–Crippen MR) is 125 cm³/mol. The quantitative estimate of drug-likeness (QED) is 0.358. The van der Waals surface area contributed by atoms with E-state index in [0.717, 1.165) is 10.9 Å². The molecule has 170 valence electrons. The zero-order valence-corrected chi connectivity index (χ0v) is 18.3. The summed E-state index contributed by atoms with van der Waals surface area (Å²) in [5.74, 6) is 0.893. The van der Waals surface area contributed by atoms with Crippen LogP contribution in [0.5, 0.6) is 23.1 Å². The van der Waals surface area contributed by atoms with Gasteiger partial charge in [-0.1, -0.05) is 12.1 Å². The summed E-state index contributed by atoms with van der Waals surface area (Å²) in [6.07, 6.45) is 1.42. The number of nitrogens with zero attached hydrogens (tertiary/aromatic N) is 2. The van der Waals surface area contributed by atoms with Crippen LogP contribution in [-0.4, -0.2) is 35.1 Å². The van der Waals surface area contributed by atoms with Crippen molar-refractivity contribution < 1.29 is 23.4 Å². The van der Waals surface area contributed by atoms with Gasteiger partial charge in [0.1, 0.15) is 28.9 Å². The van der Waals surface area contributed by atoms with Crippen LogP contribution in [0.25, 0.3) is 21.9 Å². The Kier molecular flexibility index (Phi) is 5.43. The average Bonchev–Trinajstić information content (AvgIpc) is 3.23. The van der Waals surface area contributed by atoms with Crippen molar-refractivity contribution >= 4 is 33.5 Å². The van der Waals surface area contributed by atoms with E-state index in [-0.39, 0.29) is 5.56 Å². The number of hydrogen-bond acceptors (Lipinski definition) is 6. The van der Waals surface area contributed by atoms with E-state index in [9.17, 15) is 9.18 Å². The molecule has 0 fully saturated rings. The number of carbonyl (C=O) groups is 1. The van der Waals surface area contributed by atoms with Gasteiger partial charge in [-0.05, 0) is 42.5 Å². The summed E-state index contributed by atoms with van der Waals surface area (Å²) in [6.45, 7) is 0. The van der Waals surface area contributed by atoms with Crippen LogP contribution in [0, 0.1) is 5.82 Å². The second-order valence-electron chi connectivity index (χ2n) is 7.34. The number of carbonyl (C=O) groups excluding carboxylic acids is 1. The topological polar surface area (TPSA) is 98.4 Å².